The van der Waals surface area contributed by atoms with Crippen LogP contribution in [0, 0.1) is 11.8 Å². The van der Waals surface area contributed by atoms with Crippen LogP contribution in [0.25, 0.3) is 0 Å². The summed E-state index contributed by atoms with van der Waals surface area (Å²) in [7, 11) is 0. The van der Waals surface area contributed by atoms with Gasteiger partial charge in [-0.25, -0.2) is 14.0 Å². The van der Waals surface area contributed by atoms with E-state index in [0.29, 0.717) is 4.57 Å². The lowest BCUT2D eigenvalue weighted by Gasteiger charge is -2.27. The van der Waals surface area contributed by atoms with Crippen LogP contribution >= 0.6 is 0 Å². The van der Waals surface area contributed by atoms with Gasteiger partial charge in [0.1, 0.15) is 25.2 Å². The van der Waals surface area contributed by atoms with E-state index < -0.39 is 48.6 Å². The van der Waals surface area contributed by atoms with Gasteiger partial charge in [0.15, 0.2) is 11.8 Å². The van der Waals surface area contributed by atoms with Gasteiger partial charge in [0, 0.05) is 0 Å². The normalized spacial score (nSPS) is 33.8. The first kappa shape index (κ1) is 12.7. The van der Waals surface area contributed by atoms with Gasteiger partial charge in [0.2, 0.25) is 0 Å². The fourth-order valence-electron chi connectivity index (χ4n) is 1.96. The monoisotopic (exact) mass is 302 g/mol. The molecular formula is C11H13FN4O5. The van der Waals surface area contributed by atoms with Crippen LogP contribution in [0.15, 0.2) is 15.9 Å². The van der Waals surface area contributed by atoms with E-state index in [4.69, 9.17) is 13.2 Å². The van der Waals surface area contributed by atoms with Crippen molar-refractivity contribution in [3.63, 3.8) is 0 Å². The van der Waals surface area contributed by atoms with Crippen molar-refractivity contribution >= 4 is 0 Å². The zero-order valence-electron chi connectivity index (χ0n) is 12.5. The molecule has 4 atom stereocenters. The number of hydrogen-bond donors (Lipinski definition) is 4. The van der Waals surface area contributed by atoms with E-state index in [9.17, 15) is 24.2 Å². The Balaban J connectivity index is 2.59. The average Bonchev–Trinajstić information content (AvgIpc) is 2.70. The minimum atomic E-state index is -3.02. The minimum absolute atomic E-state index is 0.656. The van der Waals surface area contributed by atoms with Gasteiger partial charge in [-0.3, -0.25) is 9.55 Å². The van der Waals surface area contributed by atoms with E-state index in [1.165, 1.54) is 0 Å². The third-order valence-corrected chi connectivity index (χ3v) is 2.96. The number of nitrogens with one attached hydrogen (secondary N) is 1. The highest BCUT2D eigenvalue weighted by Gasteiger charge is 2.54. The summed E-state index contributed by atoms with van der Waals surface area (Å²) in [5.74, 6) is 4.14. The number of aromatic amines is 1. The van der Waals surface area contributed by atoms with Gasteiger partial charge in [-0.2, -0.15) is 4.98 Å². The molecule has 0 aliphatic carbocycles. The van der Waals surface area contributed by atoms with Crippen LogP contribution < -0.4 is 17.1 Å². The van der Waals surface area contributed by atoms with Gasteiger partial charge in [-0.1, -0.05) is 11.8 Å². The molecule has 2 rings (SSSR count). The molecule has 0 radical (unpaired) electrons. The van der Waals surface area contributed by atoms with Gasteiger partial charge >= 0.3 is 11.4 Å². The number of aliphatic hydroxyl groups excluding tert-OH is 1. The number of nitrogens with two attached hydrogens (primary N) is 1. The molecule has 0 amide bonds. The summed E-state index contributed by atoms with van der Waals surface area (Å²) in [4.78, 5) is 27.9. The second kappa shape index (κ2) is 5.74. The van der Waals surface area contributed by atoms with Gasteiger partial charge in [0.05, 0.1) is 9.30 Å². The summed E-state index contributed by atoms with van der Waals surface area (Å²) in [6, 6.07) is 0. The highest BCUT2D eigenvalue weighted by molar-refractivity contribution is 5.25. The second-order valence-corrected chi connectivity index (χ2v) is 4.24. The molecule has 1 aliphatic rings. The Morgan fingerprint density at radius 2 is 2.43 bits per heavy atom. The van der Waals surface area contributed by atoms with Crippen molar-refractivity contribution in [2.75, 3.05) is 13.2 Å². The van der Waals surface area contributed by atoms with E-state index in [1.807, 2.05) is 10.9 Å². The van der Waals surface area contributed by atoms with E-state index in [-0.39, 0.29) is 0 Å². The first-order valence-electron chi connectivity index (χ1n) is 6.69. The maximum Gasteiger partial charge on any atom is 0.350 e. The number of halogens is 1. The van der Waals surface area contributed by atoms with Crippen LogP contribution in [-0.2, 0) is 4.74 Å². The summed E-state index contributed by atoms with van der Waals surface area (Å²) in [6.45, 7) is -4.14. The molecule has 21 heavy (non-hydrogen) atoms. The van der Waals surface area contributed by atoms with Crippen LogP contribution in [-0.4, -0.2) is 55.7 Å². The Labute approximate surface area is 120 Å². The first-order chi connectivity index (χ1) is 10.6. The van der Waals surface area contributed by atoms with Crippen LogP contribution in [0.1, 0.15) is 8.97 Å². The Morgan fingerprint density at radius 1 is 1.71 bits per heavy atom. The molecule has 1 aliphatic heterocycles. The third kappa shape index (κ3) is 2.59. The van der Waals surface area contributed by atoms with Crippen LogP contribution in [0.4, 0.5) is 4.39 Å². The Morgan fingerprint density at radius 3 is 3.00 bits per heavy atom. The number of aromatic nitrogens is 3. The summed E-state index contributed by atoms with van der Waals surface area (Å²) in [6.07, 6.45) is -4.64. The molecule has 1 saturated heterocycles. The molecule has 5 N–H and O–H groups in total. The molecule has 114 valence electrons. The van der Waals surface area contributed by atoms with Crippen molar-refractivity contribution in [3.8, 4) is 11.8 Å². The van der Waals surface area contributed by atoms with Crippen LogP contribution in [0.2, 0.25) is 0 Å². The average molecular weight is 302 g/mol. The smallest absolute Gasteiger partial charge is 0.350 e. The van der Waals surface area contributed by atoms with E-state index in [2.05, 4.69) is 10.9 Å². The van der Waals surface area contributed by atoms with Crippen LogP contribution in [0.5, 0.6) is 0 Å². The number of alkyl halides is 1. The highest BCUT2D eigenvalue weighted by Crippen LogP contribution is 2.35. The van der Waals surface area contributed by atoms with E-state index in [1.54, 1.807) is 0 Å². The lowest BCUT2D eigenvalue weighted by molar-refractivity contribution is -0.0481. The molecule has 0 saturated carbocycles. The molecule has 2 heterocycles. The summed E-state index contributed by atoms with van der Waals surface area (Å²) in [5.41, 5.74) is 1.79. The van der Waals surface area contributed by atoms with Crippen molar-refractivity contribution in [1.82, 2.24) is 14.5 Å². The molecule has 0 spiro atoms. The van der Waals surface area contributed by atoms with E-state index >= 15 is 0 Å². The summed E-state index contributed by atoms with van der Waals surface area (Å²) < 4.78 is 32.6. The number of hydrogen-bond acceptors (Lipinski definition) is 7. The first-order valence-corrected chi connectivity index (χ1v) is 5.69. The van der Waals surface area contributed by atoms with Crippen molar-refractivity contribution in [3.05, 3.63) is 27.3 Å². The number of aliphatic hydroxyl groups is 2. The standard InChI is InChI=1S/C11H13FN4O5/c12-3-1-2-11(13)7(18)6(4-17)21-8(11)16-5-14-9(19)15-10(16)20/h5-8,17-18H,3-4,13H2,(H,15,19,20)/t6-,7+,8-,11?/m1/s1/i4D2. The predicted octanol–water partition coefficient (Wildman–Crippen LogP) is -3.15. The number of rotatable bonds is 2. The van der Waals surface area contributed by atoms with Crippen molar-refractivity contribution in [2.45, 2.75) is 24.0 Å². The van der Waals surface area contributed by atoms with Gasteiger partial charge in [-0.05, 0) is 0 Å². The number of H-pyrrole nitrogens is 1. The number of ether oxygens (including phenoxy) is 1. The topological polar surface area (TPSA) is 143 Å². The lowest BCUT2D eigenvalue weighted by atomic mass is 9.91. The maximum absolute atomic E-state index is 12.3. The predicted molar refractivity (Wildman–Crippen MR) is 66.8 cm³/mol. The lowest BCUT2D eigenvalue weighted by Crippen LogP contribution is -2.55. The second-order valence-electron chi connectivity index (χ2n) is 4.24. The fraction of sp³-hybridized carbons (Fsp3) is 0.545. The van der Waals surface area contributed by atoms with Gasteiger partial charge in [0.25, 0.3) is 0 Å². The molecule has 0 aromatic carbocycles. The Kier molecular flexibility index (Phi) is 3.46. The molecule has 0 bridgehead atoms. The molecule has 10 heteroatoms. The fourth-order valence-corrected chi connectivity index (χ4v) is 1.96. The van der Waals surface area contributed by atoms with Crippen LogP contribution in [0.3, 0.4) is 0 Å². The number of nitrogens with zero attached hydrogens (tertiary/aromatic N) is 2. The summed E-state index contributed by atoms with van der Waals surface area (Å²) >= 11 is 0. The molecule has 1 aromatic rings. The zero-order chi connectivity index (χ0) is 17.4. The van der Waals surface area contributed by atoms with Crippen molar-refractivity contribution < 1.29 is 22.1 Å². The molecule has 9 nitrogen and oxygen atoms in total. The largest absolute Gasteiger partial charge is 0.394 e. The van der Waals surface area contributed by atoms with Crippen molar-refractivity contribution in [1.29, 1.82) is 0 Å². The van der Waals surface area contributed by atoms with Gasteiger partial charge < -0.3 is 20.7 Å². The Hall–Kier alpha value is -2.06. The zero-order valence-corrected chi connectivity index (χ0v) is 10.5. The minimum Gasteiger partial charge on any atom is -0.394 e. The molecule has 1 fully saturated rings. The SMILES string of the molecule is [2H]C([2H])(O)[C@H]1O[C@@H](n2cnc(=O)[nH]c2=O)C(N)(C#CCF)[C@H]1O. The van der Waals surface area contributed by atoms with Crippen molar-refractivity contribution in [2.24, 2.45) is 5.73 Å². The Bertz CT molecular complexity index is 766. The van der Waals surface area contributed by atoms with Gasteiger partial charge in [-0.15, -0.1) is 0 Å². The molecule has 1 unspecified atom stereocenters. The quantitative estimate of drug-likeness (QED) is 0.422. The highest BCUT2D eigenvalue weighted by atomic mass is 19.1. The maximum atomic E-state index is 12.3. The molecular weight excluding hydrogens is 287 g/mol. The summed E-state index contributed by atoms with van der Waals surface area (Å²) in [5, 5.41) is 19.6. The molecule has 1 aromatic heterocycles. The third-order valence-electron chi connectivity index (χ3n) is 2.96. The van der Waals surface area contributed by atoms with E-state index in [0.717, 1.165) is 6.33 Å².